The van der Waals surface area contributed by atoms with Crippen molar-refractivity contribution in [1.82, 2.24) is 14.8 Å². The summed E-state index contributed by atoms with van der Waals surface area (Å²) in [6.45, 7) is 2.53. The van der Waals surface area contributed by atoms with Crippen molar-refractivity contribution in [1.29, 1.82) is 0 Å². The summed E-state index contributed by atoms with van der Waals surface area (Å²) in [6.07, 6.45) is 4.28. The molecule has 5 rings (SSSR count). The second-order valence-electron chi connectivity index (χ2n) is 7.18. The van der Waals surface area contributed by atoms with E-state index in [1.54, 1.807) is 10.7 Å². The Balaban J connectivity index is 1.32. The number of benzene rings is 1. The van der Waals surface area contributed by atoms with Gasteiger partial charge in [0.1, 0.15) is 5.82 Å². The third kappa shape index (κ3) is 2.69. The molecule has 1 aromatic carbocycles. The smallest absolute Gasteiger partial charge is 0.266 e. The standard InChI is InChI=1S/C20H20N4O/c25-19-8-7-18(16-5-6-16)22-24(19)13-14-11-23(12-14)20-17-4-2-1-3-15(17)9-10-21-20/h1-4,7-10,14,16H,5-6,11-13H2. The van der Waals surface area contributed by atoms with Crippen LogP contribution in [-0.2, 0) is 6.54 Å². The van der Waals surface area contributed by atoms with Crippen LogP contribution in [0.2, 0.25) is 0 Å². The molecule has 0 bridgehead atoms. The molecule has 0 N–H and O–H groups in total. The Labute approximate surface area is 145 Å². The molecule has 2 fully saturated rings. The zero-order valence-electron chi connectivity index (χ0n) is 14.0. The van der Waals surface area contributed by atoms with Gasteiger partial charge in [0, 0.05) is 42.6 Å². The van der Waals surface area contributed by atoms with Crippen LogP contribution in [0.5, 0.6) is 0 Å². The zero-order chi connectivity index (χ0) is 16.8. The van der Waals surface area contributed by atoms with Crippen LogP contribution >= 0.6 is 0 Å². The zero-order valence-corrected chi connectivity index (χ0v) is 14.0. The maximum Gasteiger partial charge on any atom is 0.266 e. The van der Waals surface area contributed by atoms with Crippen LogP contribution in [0, 0.1) is 5.92 Å². The van der Waals surface area contributed by atoms with Crippen LogP contribution < -0.4 is 10.5 Å². The predicted molar refractivity (Wildman–Crippen MR) is 97.9 cm³/mol. The molecule has 5 heteroatoms. The number of fused-ring (bicyclic) bond motifs is 1. The second-order valence-corrected chi connectivity index (χ2v) is 7.18. The first-order valence-corrected chi connectivity index (χ1v) is 8.95. The molecule has 1 saturated carbocycles. The molecule has 0 atom stereocenters. The van der Waals surface area contributed by atoms with Gasteiger partial charge in [0.05, 0.1) is 12.2 Å². The summed E-state index contributed by atoms with van der Waals surface area (Å²) in [5.74, 6) is 2.06. The van der Waals surface area contributed by atoms with Crippen molar-refractivity contribution in [2.45, 2.75) is 25.3 Å². The van der Waals surface area contributed by atoms with Gasteiger partial charge in [-0.15, -0.1) is 0 Å². The van der Waals surface area contributed by atoms with E-state index >= 15 is 0 Å². The Morgan fingerprint density at radius 1 is 1.04 bits per heavy atom. The molecule has 1 saturated heterocycles. The van der Waals surface area contributed by atoms with E-state index in [-0.39, 0.29) is 5.56 Å². The fourth-order valence-corrected chi connectivity index (χ4v) is 3.65. The normalized spacial score (nSPS) is 17.7. The molecule has 1 aliphatic carbocycles. The van der Waals surface area contributed by atoms with Crippen molar-refractivity contribution in [3.63, 3.8) is 0 Å². The molecular formula is C20H20N4O. The summed E-state index contributed by atoms with van der Waals surface area (Å²) in [6, 6.07) is 13.9. The minimum absolute atomic E-state index is 0.00568. The highest BCUT2D eigenvalue weighted by Crippen LogP contribution is 2.38. The van der Waals surface area contributed by atoms with Crippen LogP contribution in [0.1, 0.15) is 24.5 Å². The quantitative estimate of drug-likeness (QED) is 0.737. The van der Waals surface area contributed by atoms with E-state index in [1.807, 2.05) is 18.3 Å². The molecule has 126 valence electrons. The van der Waals surface area contributed by atoms with Gasteiger partial charge < -0.3 is 4.90 Å². The first-order chi connectivity index (χ1) is 12.3. The lowest BCUT2D eigenvalue weighted by Gasteiger charge is -2.40. The number of anilines is 1. The summed E-state index contributed by atoms with van der Waals surface area (Å²) in [7, 11) is 0. The number of pyridine rings is 1. The number of hydrogen-bond donors (Lipinski definition) is 0. The lowest BCUT2D eigenvalue weighted by molar-refractivity contribution is 0.332. The average molecular weight is 332 g/mol. The van der Waals surface area contributed by atoms with Crippen molar-refractivity contribution in [2.24, 2.45) is 5.92 Å². The van der Waals surface area contributed by atoms with Gasteiger partial charge in [0.2, 0.25) is 0 Å². The Morgan fingerprint density at radius 3 is 2.72 bits per heavy atom. The number of hydrogen-bond acceptors (Lipinski definition) is 4. The Hall–Kier alpha value is -2.69. The van der Waals surface area contributed by atoms with Crippen LogP contribution in [0.3, 0.4) is 0 Å². The first kappa shape index (κ1) is 14.6. The van der Waals surface area contributed by atoms with Gasteiger partial charge in [-0.05, 0) is 30.4 Å². The van der Waals surface area contributed by atoms with E-state index < -0.39 is 0 Å². The molecule has 5 nitrogen and oxygen atoms in total. The number of rotatable bonds is 4. The molecule has 0 unspecified atom stereocenters. The molecule has 1 aliphatic heterocycles. The van der Waals surface area contributed by atoms with Gasteiger partial charge in [-0.1, -0.05) is 24.3 Å². The first-order valence-electron chi connectivity index (χ1n) is 8.95. The maximum absolute atomic E-state index is 12.1. The number of aromatic nitrogens is 3. The summed E-state index contributed by atoms with van der Waals surface area (Å²) >= 11 is 0. The molecule has 0 radical (unpaired) electrons. The summed E-state index contributed by atoms with van der Waals surface area (Å²) in [5, 5.41) is 6.98. The summed E-state index contributed by atoms with van der Waals surface area (Å²) in [4.78, 5) is 19.0. The topological polar surface area (TPSA) is 51.0 Å². The van der Waals surface area contributed by atoms with Crippen molar-refractivity contribution >= 4 is 16.6 Å². The van der Waals surface area contributed by atoms with Crippen LogP contribution in [0.25, 0.3) is 10.8 Å². The average Bonchev–Trinajstić information content (AvgIpc) is 3.44. The van der Waals surface area contributed by atoms with E-state index in [2.05, 4.69) is 39.2 Å². The van der Waals surface area contributed by atoms with Crippen LogP contribution in [0.4, 0.5) is 5.82 Å². The molecular weight excluding hydrogens is 312 g/mol. The Morgan fingerprint density at radius 2 is 1.88 bits per heavy atom. The van der Waals surface area contributed by atoms with E-state index in [0.29, 0.717) is 18.4 Å². The van der Waals surface area contributed by atoms with Crippen molar-refractivity contribution < 1.29 is 0 Å². The molecule has 3 aromatic rings. The molecule has 0 spiro atoms. The molecule has 25 heavy (non-hydrogen) atoms. The van der Waals surface area contributed by atoms with Gasteiger partial charge in [0.15, 0.2) is 0 Å². The predicted octanol–water partition coefficient (Wildman–Crippen LogP) is 2.81. The van der Waals surface area contributed by atoms with Crippen molar-refractivity contribution in [2.75, 3.05) is 18.0 Å². The SMILES string of the molecule is O=c1ccc(C2CC2)nn1CC1CN(c2nccc3ccccc23)C1. The second kappa shape index (κ2) is 5.69. The third-order valence-electron chi connectivity index (χ3n) is 5.22. The van der Waals surface area contributed by atoms with E-state index in [9.17, 15) is 4.79 Å². The van der Waals surface area contributed by atoms with Gasteiger partial charge in [-0.25, -0.2) is 9.67 Å². The monoisotopic (exact) mass is 332 g/mol. The minimum Gasteiger partial charge on any atom is -0.355 e. The molecule has 2 aliphatic rings. The van der Waals surface area contributed by atoms with Gasteiger partial charge in [-0.3, -0.25) is 4.79 Å². The van der Waals surface area contributed by atoms with Crippen molar-refractivity contribution in [3.8, 4) is 0 Å². The third-order valence-corrected chi connectivity index (χ3v) is 5.22. The van der Waals surface area contributed by atoms with Gasteiger partial charge in [-0.2, -0.15) is 5.10 Å². The molecule has 2 aromatic heterocycles. The Kier molecular flexibility index (Phi) is 3.33. The largest absolute Gasteiger partial charge is 0.355 e. The lowest BCUT2D eigenvalue weighted by atomic mass is 9.99. The number of nitrogens with zero attached hydrogens (tertiary/aromatic N) is 4. The van der Waals surface area contributed by atoms with E-state index in [0.717, 1.165) is 24.6 Å². The molecule has 3 heterocycles. The highest BCUT2D eigenvalue weighted by atomic mass is 16.1. The van der Waals surface area contributed by atoms with E-state index in [4.69, 9.17) is 0 Å². The lowest BCUT2D eigenvalue weighted by Crippen LogP contribution is -2.50. The van der Waals surface area contributed by atoms with Crippen LogP contribution in [-0.4, -0.2) is 27.9 Å². The highest BCUT2D eigenvalue weighted by molar-refractivity contribution is 5.92. The van der Waals surface area contributed by atoms with Gasteiger partial charge in [0.25, 0.3) is 5.56 Å². The van der Waals surface area contributed by atoms with Crippen LogP contribution in [0.15, 0.2) is 53.5 Å². The summed E-state index contributed by atoms with van der Waals surface area (Å²) in [5.41, 5.74) is 1.08. The highest BCUT2D eigenvalue weighted by Gasteiger charge is 2.30. The van der Waals surface area contributed by atoms with Gasteiger partial charge >= 0.3 is 0 Å². The minimum atomic E-state index is 0.00568. The fraction of sp³-hybridized carbons (Fsp3) is 0.350. The van der Waals surface area contributed by atoms with Crippen molar-refractivity contribution in [3.05, 3.63) is 64.7 Å². The summed E-state index contributed by atoms with van der Waals surface area (Å²) < 4.78 is 1.66. The maximum atomic E-state index is 12.1. The fourth-order valence-electron chi connectivity index (χ4n) is 3.65. The van der Waals surface area contributed by atoms with E-state index in [1.165, 1.54) is 23.6 Å². The molecule has 0 amide bonds. The Bertz CT molecular complexity index is 981.